The number of benzene rings is 3. The molecule has 3 rings (SSSR count). The van der Waals surface area contributed by atoms with Crippen LogP contribution in [-0.4, -0.2) is 27.7 Å². The third-order valence-corrected chi connectivity index (χ3v) is 6.05. The van der Waals surface area contributed by atoms with E-state index in [-0.39, 0.29) is 27.0 Å². The highest BCUT2D eigenvalue weighted by atomic mass is 35.5. The van der Waals surface area contributed by atoms with Crippen LogP contribution in [0.1, 0.15) is 21.5 Å². The molecule has 0 spiro atoms. The zero-order valence-corrected chi connectivity index (χ0v) is 19.3. The van der Waals surface area contributed by atoms with Crippen molar-refractivity contribution in [2.75, 3.05) is 7.11 Å². The van der Waals surface area contributed by atoms with Gasteiger partial charge in [-0.2, -0.15) is 13.5 Å². The quantitative estimate of drug-likeness (QED) is 0.220. The summed E-state index contributed by atoms with van der Waals surface area (Å²) in [6, 6.07) is 15.4. The number of halogens is 2. The van der Waals surface area contributed by atoms with Crippen molar-refractivity contribution in [1.29, 1.82) is 0 Å². The number of hydrazone groups is 1. The second-order valence-corrected chi connectivity index (χ2v) is 9.09. The van der Waals surface area contributed by atoms with Crippen molar-refractivity contribution in [2.45, 2.75) is 11.8 Å². The van der Waals surface area contributed by atoms with Gasteiger partial charge in [0, 0.05) is 5.02 Å². The lowest BCUT2D eigenvalue weighted by atomic mass is 10.2. The Hall–Kier alpha value is -3.07. The van der Waals surface area contributed by atoms with Crippen LogP contribution < -0.4 is 14.3 Å². The molecule has 0 amide bonds. The first kappa shape index (κ1) is 23.6. The van der Waals surface area contributed by atoms with Gasteiger partial charge in [0.2, 0.25) is 0 Å². The molecule has 0 aliphatic carbocycles. The van der Waals surface area contributed by atoms with Gasteiger partial charge in [0.1, 0.15) is 0 Å². The van der Waals surface area contributed by atoms with Crippen LogP contribution in [0.15, 0.2) is 70.7 Å². The van der Waals surface area contributed by atoms with Crippen molar-refractivity contribution in [3.63, 3.8) is 0 Å². The van der Waals surface area contributed by atoms with Gasteiger partial charge in [-0.15, -0.1) is 0 Å². The molecular weight excluding hydrogens is 475 g/mol. The number of nitrogens with one attached hydrogen (secondary N) is 1. The van der Waals surface area contributed by atoms with Gasteiger partial charge in [-0.05, 0) is 61.0 Å². The topological polar surface area (TPSA) is 94.1 Å². The number of ether oxygens (including phenoxy) is 2. The molecule has 0 saturated heterocycles. The first-order chi connectivity index (χ1) is 15.2. The summed E-state index contributed by atoms with van der Waals surface area (Å²) < 4.78 is 35.2. The van der Waals surface area contributed by atoms with Crippen molar-refractivity contribution in [3.8, 4) is 11.5 Å². The van der Waals surface area contributed by atoms with Gasteiger partial charge in [0.15, 0.2) is 11.5 Å². The molecule has 1 N–H and O–H groups in total. The van der Waals surface area contributed by atoms with Gasteiger partial charge in [-0.25, -0.2) is 9.63 Å². The standard InChI is InChI=1S/C22H18Cl2N2O5S/c1-14-3-7-17(8-4-14)32(28,29)26-25-13-15-5-10-20(21(11-15)30-2)31-22(27)18-9-6-16(23)12-19(18)24/h3-13,26H,1-2H3/b25-13-. The average molecular weight is 493 g/mol. The van der Waals surface area contributed by atoms with E-state index in [1.54, 1.807) is 18.2 Å². The number of carbonyl (C=O) groups is 1. The van der Waals surface area contributed by atoms with Gasteiger partial charge in [-0.3, -0.25) is 0 Å². The van der Waals surface area contributed by atoms with Crippen LogP contribution >= 0.6 is 23.2 Å². The second-order valence-electron chi connectivity index (χ2n) is 6.59. The molecule has 0 aliphatic rings. The van der Waals surface area contributed by atoms with Crippen LogP contribution in [0, 0.1) is 6.92 Å². The summed E-state index contributed by atoms with van der Waals surface area (Å²) in [5.74, 6) is -0.285. The summed E-state index contributed by atoms with van der Waals surface area (Å²) in [7, 11) is -2.39. The van der Waals surface area contributed by atoms with Gasteiger partial charge in [-0.1, -0.05) is 40.9 Å². The van der Waals surface area contributed by atoms with E-state index in [1.807, 2.05) is 6.92 Å². The summed E-state index contributed by atoms with van der Waals surface area (Å²) in [5.41, 5.74) is 1.60. The summed E-state index contributed by atoms with van der Waals surface area (Å²) in [5, 5.41) is 4.34. The van der Waals surface area contributed by atoms with Crippen LogP contribution in [0.25, 0.3) is 0 Å². The SMILES string of the molecule is COc1cc(/C=N\NS(=O)(=O)c2ccc(C)cc2)ccc1OC(=O)c1ccc(Cl)cc1Cl. The Morgan fingerprint density at radius 2 is 1.72 bits per heavy atom. The van der Waals surface area contributed by atoms with Crippen LogP contribution in [0.2, 0.25) is 10.0 Å². The Kier molecular flexibility index (Phi) is 7.40. The van der Waals surface area contributed by atoms with E-state index in [2.05, 4.69) is 9.93 Å². The smallest absolute Gasteiger partial charge is 0.345 e. The molecule has 0 unspecified atom stereocenters. The van der Waals surface area contributed by atoms with Crippen LogP contribution in [0.4, 0.5) is 0 Å². The molecule has 32 heavy (non-hydrogen) atoms. The average Bonchev–Trinajstić information content (AvgIpc) is 2.74. The monoisotopic (exact) mass is 492 g/mol. The number of carbonyl (C=O) groups excluding carboxylic acids is 1. The van der Waals surface area contributed by atoms with Crippen molar-refractivity contribution in [3.05, 3.63) is 87.4 Å². The molecule has 0 saturated carbocycles. The maximum atomic E-state index is 12.4. The molecule has 7 nitrogen and oxygen atoms in total. The first-order valence-corrected chi connectivity index (χ1v) is 11.4. The molecular formula is C22H18Cl2N2O5S. The fourth-order valence-corrected chi connectivity index (χ4v) is 3.88. The van der Waals surface area contributed by atoms with E-state index in [0.717, 1.165) is 5.56 Å². The second kappa shape index (κ2) is 10.0. The number of aryl methyl sites for hydroxylation is 1. The summed E-state index contributed by atoms with van der Waals surface area (Å²) in [6.07, 6.45) is 1.30. The summed E-state index contributed by atoms with van der Waals surface area (Å²) in [4.78, 5) is 14.7. The molecule has 0 radical (unpaired) electrons. The number of hydrogen-bond acceptors (Lipinski definition) is 6. The highest BCUT2D eigenvalue weighted by Crippen LogP contribution is 2.30. The molecule has 3 aromatic rings. The fraction of sp³-hybridized carbons (Fsp3) is 0.0909. The van der Waals surface area contributed by atoms with Crippen molar-refractivity contribution >= 4 is 45.4 Å². The zero-order chi connectivity index (χ0) is 23.3. The van der Waals surface area contributed by atoms with Gasteiger partial charge in [0.25, 0.3) is 10.0 Å². The number of methoxy groups -OCH3 is 1. The number of rotatable bonds is 7. The molecule has 0 bridgehead atoms. The number of nitrogens with zero attached hydrogens (tertiary/aromatic N) is 1. The molecule has 166 valence electrons. The Morgan fingerprint density at radius 3 is 2.38 bits per heavy atom. The molecule has 0 aromatic heterocycles. The number of hydrogen-bond donors (Lipinski definition) is 1. The lowest BCUT2D eigenvalue weighted by Crippen LogP contribution is -2.18. The van der Waals surface area contributed by atoms with Crippen LogP contribution in [0.3, 0.4) is 0 Å². The fourth-order valence-electron chi connectivity index (χ4n) is 2.60. The van der Waals surface area contributed by atoms with E-state index in [0.29, 0.717) is 10.6 Å². The first-order valence-electron chi connectivity index (χ1n) is 9.16. The van der Waals surface area contributed by atoms with Gasteiger partial charge in [0.05, 0.1) is 28.8 Å². The minimum atomic E-state index is -3.80. The van der Waals surface area contributed by atoms with Crippen molar-refractivity contribution in [2.24, 2.45) is 5.10 Å². The normalized spacial score (nSPS) is 11.4. The minimum absolute atomic E-state index is 0.0981. The highest BCUT2D eigenvalue weighted by Gasteiger charge is 2.16. The van der Waals surface area contributed by atoms with Gasteiger partial charge < -0.3 is 9.47 Å². The lowest BCUT2D eigenvalue weighted by molar-refractivity contribution is 0.0730. The molecule has 0 atom stereocenters. The Morgan fingerprint density at radius 1 is 1.00 bits per heavy atom. The van der Waals surface area contributed by atoms with E-state index in [9.17, 15) is 13.2 Å². The van der Waals surface area contributed by atoms with Crippen LogP contribution in [0.5, 0.6) is 11.5 Å². The van der Waals surface area contributed by atoms with E-state index >= 15 is 0 Å². The van der Waals surface area contributed by atoms with Gasteiger partial charge >= 0.3 is 5.97 Å². The Bertz CT molecular complexity index is 1280. The van der Waals surface area contributed by atoms with Crippen molar-refractivity contribution < 1.29 is 22.7 Å². The van der Waals surface area contributed by atoms with Crippen molar-refractivity contribution in [1.82, 2.24) is 4.83 Å². The molecule has 0 aliphatic heterocycles. The minimum Gasteiger partial charge on any atom is -0.493 e. The predicted molar refractivity (Wildman–Crippen MR) is 124 cm³/mol. The number of sulfonamides is 1. The Labute approximate surface area is 195 Å². The summed E-state index contributed by atoms with van der Waals surface area (Å²) in [6.45, 7) is 1.86. The maximum absolute atomic E-state index is 12.4. The number of esters is 1. The lowest BCUT2D eigenvalue weighted by Gasteiger charge is -2.11. The zero-order valence-electron chi connectivity index (χ0n) is 17.0. The third-order valence-electron chi connectivity index (χ3n) is 4.26. The largest absolute Gasteiger partial charge is 0.493 e. The molecule has 0 heterocycles. The third kappa shape index (κ3) is 5.79. The van der Waals surface area contributed by atoms with E-state index in [1.165, 1.54) is 55.8 Å². The predicted octanol–water partition coefficient (Wildman–Crippen LogP) is 4.84. The molecule has 0 fully saturated rings. The molecule has 10 heteroatoms. The Balaban J connectivity index is 1.73. The molecule has 3 aromatic carbocycles. The highest BCUT2D eigenvalue weighted by molar-refractivity contribution is 7.89. The van der Waals surface area contributed by atoms with Crippen LogP contribution in [-0.2, 0) is 10.0 Å². The van der Waals surface area contributed by atoms with E-state index < -0.39 is 16.0 Å². The summed E-state index contributed by atoms with van der Waals surface area (Å²) >= 11 is 11.9. The maximum Gasteiger partial charge on any atom is 0.345 e. The van der Waals surface area contributed by atoms with E-state index in [4.69, 9.17) is 32.7 Å².